The number of nitrogens with zero attached hydrogens (tertiary/aromatic N) is 3. The van der Waals surface area contributed by atoms with Gasteiger partial charge in [0.25, 0.3) is 5.91 Å². The largest absolute Gasteiger partial charge is 0.495 e. The fraction of sp³-hybridized carbons (Fsp3) is 0.333. The first kappa shape index (κ1) is 20.8. The number of aromatic nitrogens is 1. The Morgan fingerprint density at radius 2 is 1.93 bits per heavy atom. The summed E-state index contributed by atoms with van der Waals surface area (Å²) in [6.07, 6.45) is 1.68. The lowest BCUT2D eigenvalue weighted by molar-refractivity contribution is 0.0784. The van der Waals surface area contributed by atoms with Gasteiger partial charge in [0.15, 0.2) is 0 Å². The van der Waals surface area contributed by atoms with Crippen LogP contribution in [0.3, 0.4) is 0 Å². The van der Waals surface area contributed by atoms with E-state index in [0.29, 0.717) is 25.2 Å². The van der Waals surface area contributed by atoms with E-state index in [-0.39, 0.29) is 16.6 Å². The van der Waals surface area contributed by atoms with E-state index in [1.165, 1.54) is 17.5 Å². The van der Waals surface area contributed by atoms with Crippen LogP contribution in [0.15, 0.2) is 47.4 Å². The average molecular weight is 446 g/mol. The van der Waals surface area contributed by atoms with Crippen LogP contribution in [0.4, 0.5) is 0 Å². The van der Waals surface area contributed by atoms with E-state index in [2.05, 4.69) is 4.98 Å². The molecule has 3 aromatic rings. The monoisotopic (exact) mass is 445 g/mol. The Hall–Kier alpha value is -2.49. The van der Waals surface area contributed by atoms with Crippen LogP contribution in [0.1, 0.15) is 28.2 Å². The number of thiazole rings is 1. The van der Waals surface area contributed by atoms with Gasteiger partial charge in [0, 0.05) is 25.7 Å². The third kappa shape index (κ3) is 3.92. The lowest BCUT2D eigenvalue weighted by Gasteiger charge is -2.20. The third-order valence-electron chi connectivity index (χ3n) is 5.15. The molecule has 1 aliphatic rings. The van der Waals surface area contributed by atoms with E-state index in [1.807, 2.05) is 24.3 Å². The van der Waals surface area contributed by atoms with Crippen LogP contribution in [0, 0.1) is 0 Å². The molecule has 0 bridgehead atoms. The molecule has 1 aromatic heterocycles. The Bertz CT molecular complexity index is 1150. The summed E-state index contributed by atoms with van der Waals surface area (Å²) in [6.45, 7) is 1.32. The summed E-state index contributed by atoms with van der Waals surface area (Å²) < 4.78 is 33.9. The van der Waals surface area contributed by atoms with Gasteiger partial charge in [-0.15, -0.1) is 11.3 Å². The van der Waals surface area contributed by atoms with Gasteiger partial charge in [0.1, 0.15) is 15.7 Å². The van der Waals surface area contributed by atoms with Crippen LogP contribution in [-0.4, -0.2) is 55.8 Å². The molecule has 1 saturated heterocycles. The highest BCUT2D eigenvalue weighted by molar-refractivity contribution is 7.89. The molecule has 9 heteroatoms. The Morgan fingerprint density at radius 3 is 2.63 bits per heavy atom. The minimum atomic E-state index is -3.71. The van der Waals surface area contributed by atoms with Crippen molar-refractivity contribution in [1.82, 2.24) is 14.2 Å². The Morgan fingerprint density at radius 1 is 1.20 bits per heavy atom. The van der Waals surface area contributed by atoms with Gasteiger partial charge in [-0.2, -0.15) is 4.31 Å². The quantitative estimate of drug-likeness (QED) is 0.581. The maximum atomic E-state index is 13.1. The molecular weight excluding hydrogens is 422 g/mol. The number of hydrogen-bond donors (Lipinski definition) is 0. The van der Waals surface area contributed by atoms with Crippen LogP contribution >= 0.6 is 11.3 Å². The third-order valence-corrected chi connectivity index (χ3v) is 8.09. The van der Waals surface area contributed by atoms with Crippen molar-refractivity contribution >= 4 is 37.5 Å². The normalized spacial score (nSPS) is 14.9. The minimum absolute atomic E-state index is 0.0335. The first-order valence-corrected chi connectivity index (χ1v) is 11.9. The summed E-state index contributed by atoms with van der Waals surface area (Å²) >= 11 is 1.54. The summed E-state index contributed by atoms with van der Waals surface area (Å²) in [5, 5.41) is 0.825. The maximum Gasteiger partial charge on any atom is 0.254 e. The SMILES string of the molecule is COc1ccc(C(=O)N(C)Cc2nc3ccccc3s2)cc1S(=O)(=O)N1CCCC1. The fourth-order valence-corrected chi connectivity index (χ4v) is 6.28. The molecule has 0 atom stereocenters. The fourth-order valence-electron chi connectivity index (χ4n) is 3.56. The van der Waals surface area contributed by atoms with Crippen LogP contribution in [0.25, 0.3) is 10.2 Å². The number of benzene rings is 2. The van der Waals surface area contributed by atoms with Crippen molar-refractivity contribution in [2.45, 2.75) is 24.3 Å². The number of hydrogen-bond acceptors (Lipinski definition) is 6. The molecular formula is C21H23N3O4S2. The zero-order chi connectivity index (χ0) is 21.3. The summed E-state index contributed by atoms with van der Waals surface area (Å²) in [7, 11) is -0.595. The second-order valence-electron chi connectivity index (χ2n) is 7.21. The van der Waals surface area contributed by atoms with E-state index < -0.39 is 10.0 Å². The zero-order valence-corrected chi connectivity index (χ0v) is 18.5. The van der Waals surface area contributed by atoms with Crippen molar-refractivity contribution in [3.8, 4) is 5.75 Å². The highest BCUT2D eigenvalue weighted by Crippen LogP contribution is 2.30. The van der Waals surface area contributed by atoms with Gasteiger partial charge >= 0.3 is 0 Å². The zero-order valence-electron chi connectivity index (χ0n) is 16.9. The minimum Gasteiger partial charge on any atom is -0.495 e. The number of methoxy groups -OCH3 is 1. The highest BCUT2D eigenvalue weighted by atomic mass is 32.2. The van der Waals surface area contributed by atoms with Crippen molar-refractivity contribution in [3.63, 3.8) is 0 Å². The molecule has 0 spiro atoms. The molecule has 0 saturated carbocycles. The van der Waals surface area contributed by atoms with E-state index in [9.17, 15) is 13.2 Å². The molecule has 0 unspecified atom stereocenters. The number of rotatable bonds is 6. The van der Waals surface area contributed by atoms with Gasteiger partial charge in [-0.3, -0.25) is 4.79 Å². The second-order valence-corrected chi connectivity index (χ2v) is 10.2. The molecule has 1 aliphatic heterocycles. The molecule has 7 nitrogen and oxygen atoms in total. The molecule has 158 valence electrons. The van der Waals surface area contributed by atoms with E-state index >= 15 is 0 Å². The molecule has 2 aromatic carbocycles. The molecule has 0 aliphatic carbocycles. The highest BCUT2D eigenvalue weighted by Gasteiger charge is 2.31. The lowest BCUT2D eigenvalue weighted by atomic mass is 10.2. The van der Waals surface area contributed by atoms with Crippen molar-refractivity contribution < 1.29 is 17.9 Å². The Kier molecular flexibility index (Phi) is 5.77. The van der Waals surface area contributed by atoms with Gasteiger partial charge in [0.2, 0.25) is 10.0 Å². The molecule has 1 amide bonds. The number of carbonyl (C=O) groups excluding carboxylic acids is 1. The standard InChI is InChI=1S/C21H23N3O4S2/c1-23(14-20-22-16-7-3-4-8-18(16)29-20)21(25)15-9-10-17(28-2)19(13-15)30(26,27)24-11-5-6-12-24/h3-4,7-10,13H,5-6,11-12,14H2,1-2H3. The van der Waals surface area contributed by atoms with E-state index in [0.717, 1.165) is 28.1 Å². The van der Waals surface area contributed by atoms with E-state index in [1.54, 1.807) is 35.4 Å². The van der Waals surface area contributed by atoms with Gasteiger partial charge in [-0.25, -0.2) is 13.4 Å². The molecule has 4 rings (SSSR count). The predicted molar refractivity (Wildman–Crippen MR) is 116 cm³/mol. The van der Waals surface area contributed by atoms with Crippen molar-refractivity contribution in [2.75, 3.05) is 27.2 Å². The van der Waals surface area contributed by atoms with Crippen LogP contribution < -0.4 is 4.74 Å². The second kappa shape index (κ2) is 8.33. The first-order valence-electron chi connectivity index (χ1n) is 9.68. The number of carbonyl (C=O) groups is 1. The van der Waals surface area contributed by atoms with Gasteiger partial charge < -0.3 is 9.64 Å². The smallest absolute Gasteiger partial charge is 0.254 e. The predicted octanol–water partition coefficient (Wildman–Crippen LogP) is 3.36. The van der Waals surface area contributed by atoms with Crippen molar-refractivity contribution in [3.05, 3.63) is 53.0 Å². The van der Waals surface area contributed by atoms with Gasteiger partial charge in [-0.05, 0) is 43.2 Å². The molecule has 0 radical (unpaired) electrons. The number of fused-ring (bicyclic) bond motifs is 1. The van der Waals surface area contributed by atoms with Crippen LogP contribution in [-0.2, 0) is 16.6 Å². The molecule has 1 fully saturated rings. The average Bonchev–Trinajstić information content (AvgIpc) is 3.42. The van der Waals surface area contributed by atoms with Crippen LogP contribution in [0.2, 0.25) is 0 Å². The lowest BCUT2D eigenvalue weighted by Crippen LogP contribution is -2.29. The Balaban J connectivity index is 1.60. The number of para-hydroxylation sites is 1. The maximum absolute atomic E-state index is 13.1. The first-order chi connectivity index (χ1) is 14.4. The molecule has 30 heavy (non-hydrogen) atoms. The van der Waals surface area contributed by atoms with Gasteiger partial charge in [-0.1, -0.05) is 12.1 Å². The molecule has 2 heterocycles. The number of sulfonamides is 1. The Labute approximate surface area is 179 Å². The molecule has 0 N–H and O–H groups in total. The summed E-state index contributed by atoms with van der Waals surface area (Å²) in [6, 6.07) is 12.4. The van der Waals surface area contributed by atoms with Crippen LogP contribution in [0.5, 0.6) is 5.75 Å². The van der Waals surface area contributed by atoms with E-state index in [4.69, 9.17) is 4.74 Å². The summed E-state index contributed by atoms with van der Waals surface area (Å²) in [5.41, 5.74) is 1.21. The summed E-state index contributed by atoms with van der Waals surface area (Å²) in [5.74, 6) is -0.0259. The topological polar surface area (TPSA) is 79.8 Å². The number of amides is 1. The van der Waals surface area contributed by atoms with Crippen molar-refractivity contribution in [2.24, 2.45) is 0 Å². The summed E-state index contributed by atoms with van der Waals surface area (Å²) in [4.78, 5) is 19.2. The van der Waals surface area contributed by atoms with Gasteiger partial charge in [0.05, 0.1) is 23.9 Å². The number of ether oxygens (including phenoxy) is 1. The van der Waals surface area contributed by atoms with Crippen molar-refractivity contribution in [1.29, 1.82) is 0 Å².